The maximum atomic E-state index is 11.0. The van der Waals surface area contributed by atoms with Crippen LogP contribution in [0.4, 0.5) is 0 Å². The van der Waals surface area contributed by atoms with Crippen molar-refractivity contribution < 1.29 is 4.79 Å². The number of hydrogen-bond acceptors (Lipinski definition) is 1. The molecule has 0 amide bonds. The van der Waals surface area contributed by atoms with Gasteiger partial charge in [0.1, 0.15) is 0 Å². The van der Waals surface area contributed by atoms with E-state index in [4.69, 9.17) is 0 Å². The predicted molar refractivity (Wildman–Crippen MR) is 54.4 cm³/mol. The maximum Gasteiger partial charge on any atom is 0.155 e. The second-order valence-electron chi connectivity index (χ2n) is 3.10. The summed E-state index contributed by atoms with van der Waals surface area (Å²) >= 11 is 0. The molecule has 0 saturated heterocycles. The van der Waals surface area contributed by atoms with Gasteiger partial charge < -0.3 is 4.57 Å². The van der Waals surface area contributed by atoms with Gasteiger partial charge in [-0.15, -0.1) is 0 Å². The van der Waals surface area contributed by atoms with Gasteiger partial charge in [0.05, 0.1) is 0 Å². The van der Waals surface area contributed by atoms with Crippen LogP contribution in [0.25, 0.3) is 6.08 Å². The van der Waals surface area contributed by atoms with Gasteiger partial charge in [0, 0.05) is 18.4 Å². The lowest BCUT2D eigenvalue weighted by molar-refractivity contribution is -0.113. The van der Waals surface area contributed by atoms with E-state index in [0.29, 0.717) is 0 Å². The first-order valence-electron chi connectivity index (χ1n) is 4.49. The molecule has 1 aromatic heterocycles. The molecule has 0 aliphatic heterocycles. The molecule has 1 rings (SSSR count). The molecular weight excluding hydrogens is 162 g/mol. The number of nitrogens with zero attached hydrogens (tertiary/aromatic N) is 1. The summed E-state index contributed by atoms with van der Waals surface area (Å²) in [5, 5.41) is 0. The number of aromatic nitrogens is 1. The molecule has 0 fully saturated rings. The molecule has 0 saturated carbocycles. The predicted octanol–water partition coefficient (Wildman–Crippen LogP) is 2.50. The third-order valence-electron chi connectivity index (χ3n) is 2.13. The van der Waals surface area contributed by atoms with Crippen molar-refractivity contribution in [3.63, 3.8) is 0 Å². The smallest absolute Gasteiger partial charge is 0.155 e. The summed E-state index contributed by atoms with van der Waals surface area (Å²) in [5.41, 5.74) is 1.89. The zero-order chi connectivity index (χ0) is 9.84. The minimum absolute atomic E-state index is 0.129. The standard InChI is InChI=1S/C11H15NO/c1-4-12-7-5-6-11(12)8-9(2)10(3)13/h5-8H,4H2,1-3H3/b9-8-. The molecule has 13 heavy (non-hydrogen) atoms. The molecule has 0 radical (unpaired) electrons. The number of rotatable bonds is 3. The molecule has 0 atom stereocenters. The lowest BCUT2D eigenvalue weighted by atomic mass is 10.2. The quantitative estimate of drug-likeness (QED) is 0.650. The van der Waals surface area contributed by atoms with Gasteiger partial charge in [-0.1, -0.05) is 0 Å². The number of carbonyl (C=O) groups is 1. The highest BCUT2D eigenvalue weighted by atomic mass is 16.1. The summed E-state index contributed by atoms with van der Waals surface area (Å²) in [5.74, 6) is 0.129. The van der Waals surface area contributed by atoms with Crippen molar-refractivity contribution >= 4 is 11.9 Å². The van der Waals surface area contributed by atoms with Crippen LogP contribution in [-0.2, 0) is 11.3 Å². The van der Waals surface area contributed by atoms with Crippen LogP contribution in [0.15, 0.2) is 23.9 Å². The molecule has 0 N–H and O–H groups in total. The largest absolute Gasteiger partial charge is 0.348 e. The molecule has 2 heteroatoms. The summed E-state index contributed by atoms with van der Waals surface area (Å²) in [4.78, 5) is 11.0. The van der Waals surface area contributed by atoms with Crippen LogP contribution < -0.4 is 0 Å². The molecule has 1 aromatic rings. The molecular formula is C11H15NO. The van der Waals surface area contributed by atoms with Crippen molar-refractivity contribution in [2.45, 2.75) is 27.3 Å². The molecule has 0 unspecified atom stereocenters. The van der Waals surface area contributed by atoms with Crippen LogP contribution in [0, 0.1) is 0 Å². The number of aryl methyl sites for hydroxylation is 1. The Morgan fingerprint density at radius 1 is 1.54 bits per heavy atom. The van der Waals surface area contributed by atoms with Gasteiger partial charge in [-0.05, 0) is 44.6 Å². The third kappa shape index (κ3) is 2.31. The van der Waals surface area contributed by atoms with E-state index in [1.54, 1.807) is 6.92 Å². The van der Waals surface area contributed by atoms with Gasteiger partial charge in [0.25, 0.3) is 0 Å². The van der Waals surface area contributed by atoms with Crippen LogP contribution in [0.1, 0.15) is 26.5 Å². The summed E-state index contributed by atoms with van der Waals surface area (Å²) < 4.78 is 2.10. The van der Waals surface area contributed by atoms with Gasteiger partial charge >= 0.3 is 0 Å². The van der Waals surface area contributed by atoms with Gasteiger partial charge in [-0.3, -0.25) is 4.79 Å². The van der Waals surface area contributed by atoms with Crippen molar-refractivity contribution in [3.05, 3.63) is 29.6 Å². The summed E-state index contributed by atoms with van der Waals surface area (Å²) in [6.07, 6.45) is 3.94. The Hall–Kier alpha value is -1.31. The Labute approximate surface area is 78.9 Å². The van der Waals surface area contributed by atoms with Gasteiger partial charge in [0.15, 0.2) is 5.78 Å². The fraction of sp³-hybridized carbons (Fsp3) is 0.364. The molecule has 0 aliphatic rings. The van der Waals surface area contributed by atoms with Crippen molar-refractivity contribution in [1.29, 1.82) is 0 Å². The first-order chi connectivity index (χ1) is 6.15. The SMILES string of the molecule is CCn1cccc1/C=C(/C)C(C)=O. The third-order valence-corrected chi connectivity index (χ3v) is 2.13. The van der Waals surface area contributed by atoms with E-state index in [-0.39, 0.29) is 5.78 Å². The molecule has 0 bridgehead atoms. The van der Waals surface area contributed by atoms with Crippen LogP contribution in [0.2, 0.25) is 0 Å². The minimum Gasteiger partial charge on any atom is -0.348 e. The first kappa shape index (κ1) is 9.78. The molecule has 0 aromatic carbocycles. The second-order valence-corrected chi connectivity index (χ2v) is 3.10. The number of allylic oxidation sites excluding steroid dienone is 1. The normalized spacial score (nSPS) is 11.8. The van der Waals surface area contributed by atoms with Gasteiger partial charge in [-0.25, -0.2) is 0 Å². The van der Waals surface area contributed by atoms with Crippen molar-refractivity contribution in [3.8, 4) is 0 Å². The Morgan fingerprint density at radius 3 is 2.77 bits per heavy atom. The van der Waals surface area contributed by atoms with E-state index in [2.05, 4.69) is 11.5 Å². The molecule has 70 valence electrons. The van der Waals surface area contributed by atoms with Crippen LogP contribution >= 0.6 is 0 Å². The summed E-state index contributed by atoms with van der Waals surface area (Å²) in [6.45, 7) is 6.45. The topological polar surface area (TPSA) is 22.0 Å². The average molecular weight is 177 g/mol. The zero-order valence-electron chi connectivity index (χ0n) is 8.37. The molecule has 1 heterocycles. The van der Waals surface area contributed by atoms with Crippen LogP contribution in [0.3, 0.4) is 0 Å². The maximum absolute atomic E-state index is 11.0. The molecule has 0 spiro atoms. The van der Waals surface area contributed by atoms with Gasteiger partial charge in [-0.2, -0.15) is 0 Å². The minimum atomic E-state index is 0.129. The lowest BCUT2D eigenvalue weighted by Crippen LogP contribution is -1.96. The molecule has 0 aliphatic carbocycles. The lowest BCUT2D eigenvalue weighted by Gasteiger charge is -2.02. The zero-order valence-corrected chi connectivity index (χ0v) is 8.37. The van der Waals surface area contributed by atoms with Crippen LogP contribution in [-0.4, -0.2) is 10.4 Å². The van der Waals surface area contributed by atoms with E-state index in [1.165, 1.54) is 0 Å². The fourth-order valence-corrected chi connectivity index (χ4v) is 1.17. The van der Waals surface area contributed by atoms with Crippen molar-refractivity contribution in [2.24, 2.45) is 0 Å². The highest BCUT2D eigenvalue weighted by Gasteiger charge is 1.99. The van der Waals surface area contributed by atoms with Gasteiger partial charge in [0.2, 0.25) is 0 Å². The Morgan fingerprint density at radius 2 is 2.23 bits per heavy atom. The van der Waals surface area contributed by atoms with E-state index in [0.717, 1.165) is 17.8 Å². The van der Waals surface area contributed by atoms with E-state index in [1.807, 2.05) is 31.3 Å². The van der Waals surface area contributed by atoms with Crippen LogP contribution in [0.5, 0.6) is 0 Å². The Balaban J connectivity index is 2.96. The van der Waals surface area contributed by atoms with E-state index in [9.17, 15) is 4.79 Å². The first-order valence-corrected chi connectivity index (χ1v) is 4.49. The average Bonchev–Trinajstić information content (AvgIpc) is 2.51. The summed E-state index contributed by atoms with van der Waals surface area (Å²) in [7, 11) is 0. The monoisotopic (exact) mass is 177 g/mol. The number of ketones is 1. The number of Topliss-reactive ketones (excluding diaryl/α,β-unsaturated/α-hetero) is 1. The molecule has 2 nitrogen and oxygen atoms in total. The Kier molecular flexibility index (Phi) is 3.07. The van der Waals surface area contributed by atoms with E-state index >= 15 is 0 Å². The Bertz CT molecular complexity index is 334. The van der Waals surface area contributed by atoms with Crippen molar-refractivity contribution in [2.75, 3.05) is 0 Å². The highest BCUT2D eigenvalue weighted by molar-refractivity contribution is 5.96. The van der Waals surface area contributed by atoms with E-state index < -0.39 is 0 Å². The highest BCUT2D eigenvalue weighted by Crippen LogP contribution is 2.08. The number of carbonyl (C=O) groups excluding carboxylic acids is 1. The fourth-order valence-electron chi connectivity index (χ4n) is 1.17. The second kappa shape index (κ2) is 4.08. The number of hydrogen-bond donors (Lipinski definition) is 0. The van der Waals surface area contributed by atoms with Crippen molar-refractivity contribution in [1.82, 2.24) is 4.57 Å². The summed E-state index contributed by atoms with van der Waals surface area (Å²) in [6, 6.07) is 4.00.